The number of hydrogen-bond acceptors (Lipinski definition) is 4. The molecule has 2 aromatic carbocycles. The van der Waals surface area contributed by atoms with E-state index in [1.165, 1.54) is 12.7 Å². The molecule has 4 nitrogen and oxygen atoms in total. The van der Waals surface area contributed by atoms with Crippen molar-refractivity contribution >= 4 is 11.7 Å². The monoisotopic (exact) mass is 297 g/mol. The lowest BCUT2D eigenvalue weighted by atomic mass is 10.0. The second-order valence-corrected chi connectivity index (χ2v) is 4.94. The summed E-state index contributed by atoms with van der Waals surface area (Å²) in [5.41, 5.74) is 3.49. The Morgan fingerprint density at radius 2 is 1.59 bits per heavy atom. The van der Waals surface area contributed by atoms with E-state index < -0.39 is 5.97 Å². The third-order valence-corrected chi connectivity index (χ3v) is 3.45. The van der Waals surface area contributed by atoms with Crippen molar-refractivity contribution in [3.63, 3.8) is 0 Å². The smallest absolute Gasteiger partial charge is 0.356 e. The van der Waals surface area contributed by atoms with Gasteiger partial charge in [-0.05, 0) is 23.6 Å². The summed E-state index contributed by atoms with van der Waals surface area (Å²) < 4.78 is 10.3. The van der Waals surface area contributed by atoms with Crippen molar-refractivity contribution in [2.24, 2.45) is 0 Å². The first-order valence-electron chi connectivity index (χ1n) is 7.01. The van der Waals surface area contributed by atoms with Crippen LogP contribution in [0.5, 0.6) is 0 Å². The summed E-state index contributed by atoms with van der Waals surface area (Å²) in [6.07, 6.45) is 0. The number of carbonyl (C=O) groups excluding carboxylic acids is 1. The third-order valence-electron chi connectivity index (χ3n) is 3.45. The van der Waals surface area contributed by atoms with Gasteiger partial charge in [-0.1, -0.05) is 48.5 Å². The molecule has 0 atom stereocenters. The van der Waals surface area contributed by atoms with Gasteiger partial charge in [0, 0.05) is 5.56 Å². The van der Waals surface area contributed by atoms with Crippen molar-refractivity contribution in [1.82, 2.24) is 0 Å². The van der Waals surface area contributed by atoms with E-state index in [9.17, 15) is 4.79 Å². The number of carbonyl (C=O) groups is 1. The minimum Gasteiger partial charge on any atom is -0.464 e. The number of benzene rings is 2. The Labute approximate surface area is 130 Å². The highest BCUT2D eigenvalue weighted by Gasteiger charge is 2.15. The SMILES string of the molecule is COC(=O)C(=N)c1ccccc1COCc1ccccc1C. The first-order valence-corrected chi connectivity index (χ1v) is 7.01. The number of esters is 1. The normalized spacial score (nSPS) is 10.3. The highest BCUT2D eigenvalue weighted by atomic mass is 16.5. The first-order chi connectivity index (χ1) is 10.6. The number of rotatable bonds is 6. The average Bonchev–Trinajstić information content (AvgIpc) is 2.55. The number of methoxy groups -OCH3 is 1. The van der Waals surface area contributed by atoms with Crippen LogP contribution in [0.4, 0.5) is 0 Å². The van der Waals surface area contributed by atoms with Crippen molar-refractivity contribution in [2.45, 2.75) is 20.1 Å². The lowest BCUT2D eigenvalue weighted by Gasteiger charge is -2.11. The number of hydrogen-bond donors (Lipinski definition) is 1. The predicted molar refractivity (Wildman–Crippen MR) is 85.0 cm³/mol. The van der Waals surface area contributed by atoms with Gasteiger partial charge in [-0.3, -0.25) is 5.41 Å². The van der Waals surface area contributed by atoms with Crippen LogP contribution >= 0.6 is 0 Å². The van der Waals surface area contributed by atoms with E-state index in [-0.39, 0.29) is 5.71 Å². The van der Waals surface area contributed by atoms with Crippen molar-refractivity contribution < 1.29 is 14.3 Å². The molecule has 0 aliphatic rings. The molecule has 0 unspecified atom stereocenters. The molecule has 114 valence electrons. The summed E-state index contributed by atoms with van der Waals surface area (Å²) in [7, 11) is 1.27. The Hall–Kier alpha value is -2.46. The number of ether oxygens (including phenoxy) is 2. The molecule has 2 rings (SSSR count). The molecular weight excluding hydrogens is 278 g/mol. The molecule has 0 bridgehead atoms. The Morgan fingerprint density at radius 1 is 1.00 bits per heavy atom. The van der Waals surface area contributed by atoms with Crippen LogP contribution in [0.15, 0.2) is 48.5 Å². The molecule has 0 aliphatic carbocycles. The summed E-state index contributed by atoms with van der Waals surface area (Å²) in [5, 5.41) is 7.88. The van der Waals surface area contributed by atoms with Gasteiger partial charge in [-0.2, -0.15) is 0 Å². The molecule has 0 saturated carbocycles. The summed E-state index contributed by atoms with van der Waals surface area (Å²) in [4.78, 5) is 11.5. The van der Waals surface area contributed by atoms with Crippen LogP contribution in [0.1, 0.15) is 22.3 Å². The molecule has 0 spiro atoms. The zero-order valence-electron chi connectivity index (χ0n) is 12.8. The van der Waals surface area contributed by atoms with Crippen LogP contribution in [0, 0.1) is 12.3 Å². The van der Waals surface area contributed by atoms with Gasteiger partial charge in [-0.15, -0.1) is 0 Å². The number of aryl methyl sites for hydroxylation is 1. The lowest BCUT2D eigenvalue weighted by molar-refractivity contribution is -0.132. The van der Waals surface area contributed by atoms with Gasteiger partial charge in [0.15, 0.2) is 0 Å². The Bertz CT molecular complexity index is 680. The molecule has 0 amide bonds. The van der Waals surface area contributed by atoms with Gasteiger partial charge in [-0.25, -0.2) is 4.79 Å². The highest BCUT2D eigenvalue weighted by molar-refractivity contribution is 6.42. The molecule has 0 aliphatic heterocycles. The highest BCUT2D eigenvalue weighted by Crippen LogP contribution is 2.14. The molecule has 0 aromatic heterocycles. The van der Waals surface area contributed by atoms with Crippen molar-refractivity contribution in [1.29, 1.82) is 5.41 Å². The molecule has 0 saturated heterocycles. The zero-order valence-corrected chi connectivity index (χ0v) is 12.8. The number of nitrogens with one attached hydrogen (secondary N) is 1. The summed E-state index contributed by atoms with van der Waals surface area (Å²) in [5.74, 6) is -0.647. The molecule has 1 N–H and O–H groups in total. The molecule has 22 heavy (non-hydrogen) atoms. The molecule has 0 heterocycles. The van der Waals surface area contributed by atoms with Gasteiger partial charge in [0.2, 0.25) is 0 Å². The maximum atomic E-state index is 11.5. The van der Waals surface area contributed by atoms with Gasteiger partial charge >= 0.3 is 5.97 Å². The first kappa shape index (κ1) is 15.9. The fourth-order valence-electron chi connectivity index (χ4n) is 2.15. The van der Waals surface area contributed by atoms with E-state index in [1.807, 2.05) is 43.3 Å². The van der Waals surface area contributed by atoms with Gasteiger partial charge in [0.1, 0.15) is 5.71 Å². The molecular formula is C18H19NO3. The van der Waals surface area contributed by atoms with Gasteiger partial charge < -0.3 is 9.47 Å². The van der Waals surface area contributed by atoms with E-state index in [0.29, 0.717) is 18.8 Å². The fraction of sp³-hybridized carbons (Fsp3) is 0.222. The second kappa shape index (κ2) is 7.52. The standard InChI is InChI=1S/C18H19NO3/c1-13-7-3-4-8-14(13)11-22-12-15-9-5-6-10-16(15)17(19)18(20)21-2/h3-10,19H,11-12H2,1-2H3. The van der Waals surface area contributed by atoms with Crippen molar-refractivity contribution in [2.75, 3.05) is 7.11 Å². The Kier molecular flexibility index (Phi) is 5.44. The van der Waals surface area contributed by atoms with Gasteiger partial charge in [0.05, 0.1) is 20.3 Å². The quantitative estimate of drug-likeness (QED) is 0.657. The lowest BCUT2D eigenvalue weighted by Crippen LogP contribution is -2.17. The van der Waals surface area contributed by atoms with Crippen molar-refractivity contribution in [3.8, 4) is 0 Å². The molecule has 2 aromatic rings. The van der Waals surface area contributed by atoms with Gasteiger partial charge in [0.25, 0.3) is 0 Å². The summed E-state index contributed by atoms with van der Waals surface area (Å²) in [6.45, 7) is 2.87. The predicted octanol–water partition coefficient (Wildman–Crippen LogP) is 3.25. The van der Waals surface area contributed by atoms with Crippen LogP contribution in [-0.4, -0.2) is 18.8 Å². The largest absolute Gasteiger partial charge is 0.464 e. The maximum absolute atomic E-state index is 11.5. The van der Waals surface area contributed by atoms with E-state index in [1.54, 1.807) is 12.1 Å². The Balaban J connectivity index is 2.06. The fourth-order valence-corrected chi connectivity index (χ4v) is 2.15. The average molecular weight is 297 g/mol. The maximum Gasteiger partial charge on any atom is 0.356 e. The van der Waals surface area contributed by atoms with E-state index in [0.717, 1.165) is 11.1 Å². The minimum atomic E-state index is -0.647. The molecule has 4 heteroatoms. The topological polar surface area (TPSA) is 59.4 Å². The van der Waals surface area contributed by atoms with E-state index >= 15 is 0 Å². The van der Waals surface area contributed by atoms with Crippen LogP contribution in [-0.2, 0) is 27.5 Å². The zero-order chi connectivity index (χ0) is 15.9. The Morgan fingerprint density at radius 3 is 2.27 bits per heavy atom. The summed E-state index contributed by atoms with van der Waals surface area (Å²) in [6, 6.07) is 15.3. The van der Waals surface area contributed by atoms with Crippen LogP contribution in [0.25, 0.3) is 0 Å². The van der Waals surface area contributed by atoms with Crippen LogP contribution in [0.2, 0.25) is 0 Å². The summed E-state index contributed by atoms with van der Waals surface area (Å²) >= 11 is 0. The van der Waals surface area contributed by atoms with E-state index in [4.69, 9.17) is 10.1 Å². The van der Waals surface area contributed by atoms with Crippen LogP contribution in [0.3, 0.4) is 0 Å². The molecule has 0 radical (unpaired) electrons. The molecule has 0 fully saturated rings. The van der Waals surface area contributed by atoms with Crippen molar-refractivity contribution in [3.05, 3.63) is 70.8 Å². The second-order valence-electron chi connectivity index (χ2n) is 4.94. The minimum absolute atomic E-state index is 0.155. The van der Waals surface area contributed by atoms with E-state index in [2.05, 4.69) is 4.74 Å². The van der Waals surface area contributed by atoms with Crippen LogP contribution < -0.4 is 0 Å². The third kappa shape index (κ3) is 3.80.